The fourth-order valence-corrected chi connectivity index (χ4v) is 2.67. The number of pyridine rings is 1. The van der Waals surface area contributed by atoms with Crippen molar-refractivity contribution in [2.75, 3.05) is 13.2 Å². The van der Waals surface area contributed by atoms with Crippen LogP contribution in [0.25, 0.3) is 5.65 Å². The average Bonchev–Trinajstić information content (AvgIpc) is 2.66. The van der Waals surface area contributed by atoms with Gasteiger partial charge in [-0.05, 0) is 59.3 Å². The monoisotopic (exact) mass is 432 g/mol. The fraction of sp³-hybridized carbons (Fsp3) is 0.211. The Kier molecular flexibility index (Phi) is 6.08. The van der Waals surface area contributed by atoms with Gasteiger partial charge in [0.15, 0.2) is 6.61 Å². The summed E-state index contributed by atoms with van der Waals surface area (Å²) in [5.74, 6) is 0.706. The first-order valence-electron chi connectivity index (χ1n) is 8.24. The number of hydrogen-bond donors (Lipinski definition) is 0. The molecule has 0 atom stereocenters. The van der Waals surface area contributed by atoms with Gasteiger partial charge in [-0.3, -0.25) is 9.20 Å². The minimum atomic E-state index is -0.554. The smallest absolute Gasteiger partial charge is 0.344 e. The number of benzene rings is 1. The highest BCUT2D eigenvalue weighted by molar-refractivity contribution is 9.10. The summed E-state index contributed by atoms with van der Waals surface area (Å²) in [4.78, 5) is 28.3. The van der Waals surface area contributed by atoms with E-state index in [1.54, 1.807) is 42.6 Å². The molecule has 140 valence electrons. The number of fused-ring (bicyclic) bond motifs is 1. The van der Waals surface area contributed by atoms with E-state index in [2.05, 4.69) is 20.9 Å². The molecule has 0 radical (unpaired) electrons. The van der Waals surface area contributed by atoms with Crippen LogP contribution in [0.15, 0.2) is 57.9 Å². The summed E-state index contributed by atoms with van der Waals surface area (Å²) < 4.78 is 18.0. The van der Waals surface area contributed by atoms with E-state index in [1.165, 1.54) is 10.5 Å². The van der Waals surface area contributed by atoms with Crippen molar-refractivity contribution < 1.29 is 19.0 Å². The van der Waals surface area contributed by atoms with Crippen LogP contribution in [0.5, 0.6) is 11.5 Å². The van der Waals surface area contributed by atoms with Gasteiger partial charge in [-0.15, -0.1) is 0 Å². The Morgan fingerprint density at radius 1 is 1.11 bits per heavy atom. The summed E-state index contributed by atoms with van der Waals surface area (Å²) in [6.45, 7) is 2.13. The van der Waals surface area contributed by atoms with Crippen LogP contribution in [0, 0.1) is 0 Å². The van der Waals surface area contributed by atoms with Gasteiger partial charge in [0.1, 0.15) is 23.8 Å². The molecule has 0 N–H and O–H groups in total. The van der Waals surface area contributed by atoms with Crippen LogP contribution in [0.1, 0.15) is 12.6 Å². The average molecular weight is 433 g/mol. The van der Waals surface area contributed by atoms with Crippen LogP contribution in [0.2, 0.25) is 0 Å². The zero-order chi connectivity index (χ0) is 19.2. The highest BCUT2D eigenvalue weighted by atomic mass is 79.9. The van der Waals surface area contributed by atoms with Crippen molar-refractivity contribution in [1.29, 1.82) is 0 Å². The van der Waals surface area contributed by atoms with Crippen LogP contribution in [-0.2, 0) is 16.1 Å². The highest BCUT2D eigenvalue weighted by Crippen LogP contribution is 2.17. The molecule has 0 aliphatic carbocycles. The lowest BCUT2D eigenvalue weighted by Crippen LogP contribution is -2.18. The molecule has 8 heteroatoms. The number of esters is 1. The molecule has 0 fully saturated rings. The van der Waals surface area contributed by atoms with Crippen molar-refractivity contribution in [3.05, 3.63) is 69.2 Å². The van der Waals surface area contributed by atoms with E-state index in [0.29, 0.717) is 23.7 Å². The normalized spacial score (nSPS) is 10.6. The molecule has 2 aromatic heterocycles. The maximum atomic E-state index is 12.1. The first-order valence-corrected chi connectivity index (χ1v) is 9.03. The van der Waals surface area contributed by atoms with E-state index in [1.807, 2.05) is 6.92 Å². The second-order valence-corrected chi connectivity index (χ2v) is 6.43. The van der Waals surface area contributed by atoms with E-state index < -0.39 is 5.97 Å². The van der Waals surface area contributed by atoms with Gasteiger partial charge in [-0.25, -0.2) is 9.78 Å². The lowest BCUT2D eigenvalue weighted by molar-refractivity contribution is -0.147. The van der Waals surface area contributed by atoms with Crippen LogP contribution in [0.3, 0.4) is 0 Å². The Morgan fingerprint density at radius 2 is 1.81 bits per heavy atom. The minimum absolute atomic E-state index is 0.104. The molecule has 0 saturated carbocycles. The summed E-state index contributed by atoms with van der Waals surface area (Å²) in [7, 11) is 0. The molecule has 3 rings (SSSR count). The van der Waals surface area contributed by atoms with Crippen molar-refractivity contribution >= 4 is 27.5 Å². The fourth-order valence-electron chi connectivity index (χ4n) is 2.34. The molecule has 0 saturated heterocycles. The number of rotatable bonds is 7. The standard InChI is InChI=1S/C19H17BrN2O5/c1-2-25-15-4-6-16(7-5-15)26-12-19(24)27-11-14-9-18(23)22-10-13(20)3-8-17(22)21-14/h3-10H,2,11-12H2,1H3. The first-order chi connectivity index (χ1) is 13.0. The van der Waals surface area contributed by atoms with E-state index in [0.717, 1.165) is 10.2 Å². The maximum Gasteiger partial charge on any atom is 0.344 e. The number of carbonyl (C=O) groups is 1. The minimum Gasteiger partial charge on any atom is -0.494 e. The van der Waals surface area contributed by atoms with Crippen LogP contribution in [-0.4, -0.2) is 28.6 Å². The summed E-state index contributed by atoms with van der Waals surface area (Å²) >= 11 is 3.31. The topological polar surface area (TPSA) is 79.1 Å². The largest absolute Gasteiger partial charge is 0.494 e. The van der Waals surface area contributed by atoms with Gasteiger partial charge < -0.3 is 14.2 Å². The molecule has 0 spiro atoms. The molecular formula is C19H17BrN2O5. The van der Waals surface area contributed by atoms with Gasteiger partial charge in [0.05, 0.1) is 12.3 Å². The van der Waals surface area contributed by atoms with Gasteiger partial charge in [0, 0.05) is 16.7 Å². The van der Waals surface area contributed by atoms with Crippen LogP contribution >= 0.6 is 15.9 Å². The molecule has 27 heavy (non-hydrogen) atoms. The predicted molar refractivity (Wildman–Crippen MR) is 102 cm³/mol. The van der Waals surface area contributed by atoms with Gasteiger partial charge >= 0.3 is 5.97 Å². The summed E-state index contributed by atoms with van der Waals surface area (Å²) in [6.07, 6.45) is 1.63. The quantitative estimate of drug-likeness (QED) is 0.534. The number of halogens is 1. The zero-order valence-electron chi connectivity index (χ0n) is 14.6. The molecule has 0 amide bonds. The Labute approximate surface area is 163 Å². The second-order valence-electron chi connectivity index (χ2n) is 5.52. The lowest BCUT2D eigenvalue weighted by atomic mass is 10.3. The third kappa shape index (κ3) is 5.07. The van der Waals surface area contributed by atoms with E-state index in [4.69, 9.17) is 14.2 Å². The van der Waals surface area contributed by atoms with Gasteiger partial charge in [-0.1, -0.05) is 0 Å². The third-order valence-corrected chi connectivity index (χ3v) is 4.02. The molecule has 0 bridgehead atoms. The Balaban J connectivity index is 1.55. The lowest BCUT2D eigenvalue weighted by Gasteiger charge is -2.08. The molecule has 3 aromatic rings. The predicted octanol–water partition coefficient (Wildman–Crippen LogP) is 2.98. The van der Waals surface area contributed by atoms with Crippen molar-refractivity contribution in [2.24, 2.45) is 0 Å². The number of nitrogens with zero attached hydrogens (tertiary/aromatic N) is 2. The summed E-state index contributed by atoms with van der Waals surface area (Å²) in [6, 6.07) is 11.8. The summed E-state index contributed by atoms with van der Waals surface area (Å²) in [5, 5.41) is 0. The number of hydrogen-bond acceptors (Lipinski definition) is 6. The molecule has 0 unspecified atom stereocenters. The van der Waals surface area contributed by atoms with E-state index in [-0.39, 0.29) is 18.8 Å². The third-order valence-electron chi connectivity index (χ3n) is 3.55. The molecule has 7 nitrogen and oxygen atoms in total. The van der Waals surface area contributed by atoms with Crippen LogP contribution < -0.4 is 15.0 Å². The Morgan fingerprint density at radius 3 is 2.52 bits per heavy atom. The van der Waals surface area contributed by atoms with Crippen molar-refractivity contribution in [3.63, 3.8) is 0 Å². The number of aromatic nitrogens is 2. The van der Waals surface area contributed by atoms with Crippen molar-refractivity contribution in [1.82, 2.24) is 9.38 Å². The first kappa shape index (κ1) is 18.9. The number of ether oxygens (including phenoxy) is 3. The van der Waals surface area contributed by atoms with Gasteiger partial charge in [0.25, 0.3) is 5.56 Å². The van der Waals surface area contributed by atoms with Crippen molar-refractivity contribution in [2.45, 2.75) is 13.5 Å². The maximum absolute atomic E-state index is 12.1. The number of carbonyl (C=O) groups excluding carboxylic acids is 1. The highest BCUT2D eigenvalue weighted by Gasteiger charge is 2.08. The molecule has 2 heterocycles. The molecule has 1 aromatic carbocycles. The zero-order valence-corrected chi connectivity index (χ0v) is 16.1. The molecule has 0 aliphatic heterocycles. The van der Waals surface area contributed by atoms with Crippen LogP contribution in [0.4, 0.5) is 0 Å². The molecular weight excluding hydrogens is 416 g/mol. The molecule has 0 aliphatic rings. The van der Waals surface area contributed by atoms with Gasteiger partial charge in [0.2, 0.25) is 0 Å². The second kappa shape index (κ2) is 8.68. The Bertz CT molecular complexity index is 1000. The summed E-state index contributed by atoms with van der Waals surface area (Å²) in [5.41, 5.74) is 0.595. The SMILES string of the molecule is CCOc1ccc(OCC(=O)OCc2cc(=O)n3cc(Br)ccc3n2)cc1. The van der Waals surface area contributed by atoms with Gasteiger partial charge in [-0.2, -0.15) is 0 Å². The van der Waals surface area contributed by atoms with E-state index in [9.17, 15) is 9.59 Å². The Hall–Kier alpha value is -2.87. The van der Waals surface area contributed by atoms with E-state index >= 15 is 0 Å². The van der Waals surface area contributed by atoms with Crippen molar-refractivity contribution in [3.8, 4) is 11.5 Å².